The van der Waals surface area contributed by atoms with Crippen LogP contribution in [-0.2, 0) is 4.79 Å². The predicted molar refractivity (Wildman–Crippen MR) is 74.6 cm³/mol. The summed E-state index contributed by atoms with van der Waals surface area (Å²) in [5.41, 5.74) is 0.308. The molecule has 4 nitrogen and oxygen atoms in total. The highest BCUT2D eigenvalue weighted by Crippen LogP contribution is 2.24. The highest BCUT2D eigenvalue weighted by Gasteiger charge is 2.09. The molecule has 0 unspecified atom stereocenters. The van der Waals surface area contributed by atoms with Crippen LogP contribution in [0.1, 0.15) is 25.5 Å². The number of nitrogens with zero attached hydrogens (tertiary/aromatic N) is 1. The first-order chi connectivity index (χ1) is 10.1. The SMILES string of the molecule is CCC(=O)Nc1ccc(Oc2cccc(C(F)F)n2)cc1. The van der Waals surface area contributed by atoms with Gasteiger partial charge in [0.05, 0.1) is 0 Å². The molecule has 0 atom stereocenters. The van der Waals surface area contributed by atoms with Crippen molar-refractivity contribution in [2.75, 3.05) is 5.32 Å². The minimum Gasteiger partial charge on any atom is -0.439 e. The van der Waals surface area contributed by atoms with Crippen molar-refractivity contribution < 1.29 is 18.3 Å². The van der Waals surface area contributed by atoms with E-state index < -0.39 is 6.43 Å². The number of ether oxygens (including phenoxy) is 1. The van der Waals surface area contributed by atoms with Crippen molar-refractivity contribution in [3.05, 3.63) is 48.2 Å². The van der Waals surface area contributed by atoms with Gasteiger partial charge in [-0.15, -0.1) is 0 Å². The molecule has 2 aromatic rings. The van der Waals surface area contributed by atoms with Gasteiger partial charge in [0.25, 0.3) is 6.43 Å². The van der Waals surface area contributed by atoms with Gasteiger partial charge in [-0.05, 0) is 30.3 Å². The van der Waals surface area contributed by atoms with E-state index in [4.69, 9.17) is 4.74 Å². The Morgan fingerprint density at radius 1 is 1.24 bits per heavy atom. The van der Waals surface area contributed by atoms with Crippen molar-refractivity contribution in [1.82, 2.24) is 4.98 Å². The molecule has 6 heteroatoms. The molecule has 0 aliphatic rings. The average Bonchev–Trinajstić information content (AvgIpc) is 2.49. The molecular formula is C15H14F2N2O2. The zero-order valence-electron chi connectivity index (χ0n) is 11.3. The highest BCUT2D eigenvalue weighted by molar-refractivity contribution is 5.90. The zero-order chi connectivity index (χ0) is 15.2. The second-order valence-electron chi connectivity index (χ2n) is 4.23. The van der Waals surface area contributed by atoms with E-state index in [1.54, 1.807) is 31.2 Å². The number of pyridine rings is 1. The third kappa shape index (κ3) is 4.24. The molecule has 0 radical (unpaired) electrons. The molecule has 2 rings (SSSR count). The molecule has 1 aromatic carbocycles. The number of alkyl halides is 2. The molecular weight excluding hydrogens is 278 g/mol. The molecule has 0 aliphatic heterocycles. The molecule has 1 N–H and O–H groups in total. The third-order valence-electron chi connectivity index (χ3n) is 2.65. The van der Waals surface area contributed by atoms with E-state index in [0.717, 1.165) is 0 Å². The Hall–Kier alpha value is -2.50. The van der Waals surface area contributed by atoms with Crippen molar-refractivity contribution in [1.29, 1.82) is 0 Å². The number of hydrogen-bond acceptors (Lipinski definition) is 3. The molecule has 1 heterocycles. The van der Waals surface area contributed by atoms with E-state index >= 15 is 0 Å². The van der Waals surface area contributed by atoms with E-state index in [9.17, 15) is 13.6 Å². The van der Waals surface area contributed by atoms with Gasteiger partial charge in [-0.3, -0.25) is 4.79 Å². The van der Waals surface area contributed by atoms with Gasteiger partial charge in [0, 0.05) is 18.2 Å². The summed E-state index contributed by atoms with van der Waals surface area (Å²) >= 11 is 0. The third-order valence-corrected chi connectivity index (χ3v) is 2.65. The van der Waals surface area contributed by atoms with Crippen LogP contribution in [0.4, 0.5) is 14.5 Å². The Morgan fingerprint density at radius 3 is 2.57 bits per heavy atom. The number of carbonyl (C=O) groups is 1. The van der Waals surface area contributed by atoms with Crippen LogP contribution in [0.2, 0.25) is 0 Å². The molecule has 1 amide bonds. The lowest BCUT2D eigenvalue weighted by molar-refractivity contribution is -0.115. The quantitative estimate of drug-likeness (QED) is 0.900. The maximum absolute atomic E-state index is 12.5. The largest absolute Gasteiger partial charge is 0.439 e. The van der Waals surface area contributed by atoms with Crippen LogP contribution in [0, 0.1) is 0 Å². The number of carbonyl (C=O) groups excluding carboxylic acids is 1. The fourth-order valence-corrected chi connectivity index (χ4v) is 1.59. The van der Waals surface area contributed by atoms with Gasteiger partial charge in [0.1, 0.15) is 11.4 Å². The van der Waals surface area contributed by atoms with Gasteiger partial charge >= 0.3 is 0 Å². The minimum atomic E-state index is -2.64. The maximum atomic E-state index is 12.5. The smallest absolute Gasteiger partial charge is 0.280 e. The molecule has 0 saturated carbocycles. The molecule has 1 aromatic heterocycles. The predicted octanol–water partition coefficient (Wildman–Crippen LogP) is 4.16. The van der Waals surface area contributed by atoms with E-state index in [2.05, 4.69) is 10.3 Å². The lowest BCUT2D eigenvalue weighted by Crippen LogP contribution is -2.09. The van der Waals surface area contributed by atoms with Gasteiger partial charge in [-0.1, -0.05) is 13.0 Å². The number of benzene rings is 1. The van der Waals surface area contributed by atoms with Crippen LogP contribution in [-0.4, -0.2) is 10.9 Å². The van der Waals surface area contributed by atoms with Crippen molar-refractivity contribution in [3.63, 3.8) is 0 Å². The van der Waals surface area contributed by atoms with E-state index in [0.29, 0.717) is 17.9 Å². The van der Waals surface area contributed by atoms with E-state index in [1.807, 2.05) is 0 Å². The Kier molecular flexibility index (Phi) is 4.81. The van der Waals surface area contributed by atoms with Gasteiger partial charge in [0.2, 0.25) is 11.8 Å². The summed E-state index contributed by atoms with van der Waals surface area (Å²) in [5.74, 6) is 0.455. The van der Waals surface area contributed by atoms with Crippen LogP contribution in [0.5, 0.6) is 11.6 Å². The lowest BCUT2D eigenvalue weighted by atomic mass is 10.3. The number of aromatic nitrogens is 1. The number of hydrogen-bond donors (Lipinski definition) is 1. The lowest BCUT2D eigenvalue weighted by Gasteiger charge is -2.08. The van der Waals surface area contributed by atoms with Crippen LogP contribution < -0.4 is 10.1 Å². The topological polar surface area (TPSA) is 51.2 Å². The van der Waals surface area contributed by atoms with Gasteiger partial charge in [-0.2, -0.15) is 0 Å². The summed E-state index contributed by atoms with van der Waals surface area (Å²) < 4.78 is 30.5. The summed E-state index contributed by atoms with van der Waals surface area (Å²) in [6.07, 6.45) is -2.25. The molecule has 0 fully saturated rings. The van der Waals surface area contributed by atoms with Crippen molar-refractivity contribution in [2.45, 2.75) is 19.8 Å². The summed E-state index contributed by atoms with van der Waals surface area (Å²) in [5, 5.41) is 2.70. The zero-order valence-corrected chi connectivity index (χ0v) is 11.3. The van der Waals surface area contributed by atoms with Crippen LogP contribution in [0.25, 0.3) is 0 Å². The fraction of sp³-hybridized carbons (Fsp3) is 0.200. The van der Waals surface area contributed by atoms with Crippen molar-refractivity contribution >= 4 is 11.6 Å². The first-order valence-electron chi connectivity index (χ1n) is 6.41. The molecule has 21 heavy (non-hydrogen) atoms. The normalized spacial score (nSPS) is 10.5. The maximum Gasteiger partial charge on any atom is 0.280 e. The van der Waals surface area contributed by atoms with Crippen molar-refractivity contribution in [3.8, 4) is 11.6 Å². The fourth-order valence-electron chi connectivity index (χ4n) is 1.59. The number of nitrogens with one attached hydrogen (secondary N) is 1. The van der Waals surface area contributed by atoms with Crippen LogP contribution in [0.15, 0.2) is 42.5 Å². The Bertz CT molecular complexity index is 615. The van der Waals surface area contributed by atoms with Gasteiger partial charge < -0.3 is 10.1 Å². The monoisotopic (exact) mass is 292 g/mol. The van der Waals surface area contributed by atoms with Gasteiger partial charge in [0.15, 0.2) is 0 Å². The molecule has 110 valence electrons. The van der Waals surface area contributed by atoms with Crippen LogP contribution >= 0.6 is 0 Å². The summed E-state index contributed by atoms with van der Waals surface area (Å²) in [4.78, 5) is 14.9. The average molecular weight is 292 g/mol. The molecule has 0 aliphatic carbocycles. The summed E-state index contributed by atoms with van der Waals surface area (Å²) in [6.45, 7) is 1.76. The van der Waals surface area contributed by atoms with Gasteiger partial charge in [-0.25, -0.2) is 13.8 Å². The van der Waals surface area contributed by atoms with E-state index in [1.165, 1.54) is 18.2 Å². The Morgan fingerprint density at radius 2 is 1.95 bits per heavy atom. The molecule has 0 saturated heterocycles. The Balaban J connectivity index is 2.06. The van der Waals surface area contributed by atoms with E-state index in [-0.39, 0.29) is 17.5 Å². The highest BCUT2D eigenvalue weighted by atomic mass is 19.3. The standard InChI is InChI=1S/C15H14F2N2O2/c1-2-13(20)18-10-6-8-11(9-7-10)21-14-5-3-4-12(19-14)15(16)17/h3-9,15H,2H2,1H3,(H,18,20). The minimum absolute atomic E-state index is 0.0880. The number of anilines is 1. The Labute approximate surface area is 120 Å². The summed E-state index contributed by atoms with van der Waals surface area (Å²) in [6, 6.07) is 10.8. The number of rotatable bonds is 5. The molecule has 0 spiro atoms. The second kappa shape index (κ2) is 6.78. The van der Waals surface area contributed by atoms with Crippen LogP contribution in [0.3, 0.4) is 0 Å². The van der Waals surface area contributed by atoms with Crippen molar-refractivity contribution in [2.24, 2.45) is 0 Å². The summed E-state index contributed by atoms with van der Waals surface area (Å²) in [7, 11) is 0. The molecule has 0 bridgehead atoms. The number of amides is 1. The second-order valence-corrected chi connectivity index (χ2v) is 4.23. The first-order valence-corrected chi connectivity index (χ1v) is 6.41. The first kappa shape index (κ1) is 14.9. The number of halogens is 2.